The van der Waals surface area contributed by atoms with Crippen LogP contribution in [0.3, 0.4) is 0 Å². The smallest absolute Gasteiger partial charge is 0.137 e. The lowest BCUT2D eigenvalue weighted by atomic mass is 9.50. The quantitative estimate of drug-likeness (QED) is 0.589. The molecule has 4 rings (SSSR count). The van der Waals surface area contributed by atoms with Crippen LogP contribution < -0.4 is 0 Å². The van der Waals surface area contributed by atoms with E-state index in [1.54, 1.807) is 5.57 Å². The summed E-state index contributed by atoms with van der Waals surface area (Å²) in [7, 11) is 0. The predicted molar refractivity (Wildman–Crippen MR) is 90.5 cm³/mol. The minimum atomic E-state index is -0.898. The van der Waals surface area contributed by atoms with E-state index in [1.165, 1.54) is 6.42 Å². The Hall–Kier alpha value is -1.07. The van der Waals surface area contributed by atoms with Crippen LogP contribution in [-0.2, 0) is 4.79 Å². The van der Waals surface area contributed by atoms with Crippen molar-refractivity contribution in [3.63, 3.8) is 0 Å². The van der Waals surface area contributed by atoms with E-state index in [-0.39, 0.29) is 5.41 Å². The van der Waals surface area contributed by atoms with Gasteiger partial charge >= 0.3 is 0 Å². The van der Waals surface area contributed by atoms with Crippen LogP contribution in [0.4, 0.5) is 0 Å². The molecule has 0 amide bonds. The van der Waals surface area contributed by atoms with Crippen molar-refractivity contribution in [1.29, 1.82) is 0 Å². The summed E-state index contributed by atoms with van der Waals surface area (Å²) >= 11 is 0. The third-order valence-corrected chi connectivity index (χ3v) is 7.94. The van der Waals surface area contributed by atoms with Gasteiger partial charge in [-0.3, -0.25) is 4.79 Å². The number of carbonyl (C=O) groups is 1. The molecule has 0 bridgehead atoms. The lowest BCUT2D eigenvalue weighted by Gasteiger charge is -2.55. The maximum Gasteiger partial charge on any atom is 0.137 e. The molecule has 23 heavy (non-hydrogen) atoms. The fourth-order valence-electron chi connectivity index (χ4n) is 6.87. The van der Waals surface area contributed by atoms with Crippen LogP contribution >= 0.6 is 0 Å². The maximum atomic E-state index is 11.8. The standard InChI is InChI=1S/C21H28O2/c1-3-20-11-9-17-16-8-6-15(22)13-14(16)5-7-18(17)19(20)10-12-21(20,23)4-2/h2,8,14,17-19,23H,3,5-7,9-13H2,1H3/t14-,17+,18+,19-,20-,21-/m1/s1. The van der Waals surface area contributed by atoms with E-state index in [0.29, 0.717) is 35.9 Å². The van der Waals surface area contributed by atoms with Crippen LogP contribution in [0.15, 0.2) is 11.6 Å². The summed E-state index contributed by atoms with van der Waals surface area (Å²) in [5.41, 5.74) is 0.619. The summed E-state index contributed by atoms with van der Waals surface area (Å²) in [6, 6.07) is 0. The lowest BCUT2D eigenvalue weighted by Crippen LogP contribution is -2.52. The molecule has 2 heteroatoms. The van der Waals surface area contributed by atoms with Crippen LogP contribution in [0.2, 0.25) is 0 Å². The molecule has 3 saturated carbocycles. The molecule has 0 aliphatic heterocycles. The third kappa shape index (κ3) is 1.96. The van der Waals surface area contributed by atoms with E-state index in [0.717, 1.165) is 44.9 Å². The van der Waals surface area contributed by atoms with Crippen molar-refractivity contribution in [1.82, 2.24) is 0 Å². The zero-order chi connectivity index (χ0) is 16.2. The maximum absolute atomic E-state index is 11.8. The van der Waals surface area contributed by atoms with Gasteiger partial charge < -0.3 is 5.11 Å². The summed E-state index contributed by atoms with van der Waals surface area (Å²) in [5, 5.41) is 11.1. The van der Waals surface area contributed by atoms with Crippen molar-refractivity contribution in [2.45, 2.75) is 70.3 Å². The molecule has 0 saturated heterocycles. The summed E-state index contributed by atoms with van der Waals surface area (Å²) in [6.07, 6.45) is 16.9. The Morgan fingerprint density at radius 2 is 2.13 bits per heavy atom. The number of fused-ring (bicyclic) bond motifs is 5. The number of hydrogen-bond donors (Lipinski definition) is 1. The molecular formula is C21H28O2. The fraction of sp³-hybridized carbons (Fsp3) is 0.762. The van der Waals surface area contributed by atoms with Gasteiger partial charge in [0.25, 0.3) is 0 Å². The van der Waals surface area contributed by atoms with Gasteiger partial charge in [-0.15, -0.1) is 6.42 Å². The first-order chi connectivity index (χ1) is 11.0. The molecule has 0 aromatic heterocycles. The number of Topliss-reactive ketones (excluding diaryl/α,β-unsaturated/α-hetero) is 1. The van der Waals surface area contributed by atoms with Crippen molar-refractivity contribution in [3.8, 4) is 12.3 Å². The normalized spacial score (nSPS) is 48.7. The highest BCUT2D eigenvalue weighted by Crippen LogP contribution is 2.65. The highest BCUT2D eigenvalue weighted by molar-refractivity contribution is 5.82. The summed E-state index contributed by atoms with van der Waals surface area (Å²) in [6.45, 7) is 2.21. The molecule has 0 spiro atoms. The van der Waals surface area contributed by atoms with Gasteiger partial charge in [-0.25, -0.2) is 0 Å². The Balaban J connectivity index is 1.68. The molecule has 3 fully saturated rings. The third-order valence-electron chi connectivity index (χ3n) is 7.94. The van der Waals surface area contributed by atoms with Crippen LogP contribution in [0, 0.1) is 41.4 Å². The zero-order valence-electron chi connectivity index (χ0n) is 14.2. The van der Waals surface area contributed by atoms with Crippen LogP contribution in [0.25, 0.3) is 0 Å². The molecule has 4 aliphatic carbocycles. The number of hydrogen-bond acceptors (Lipinski definition) is 2. The van der Waals surface area contributed by atoms with Crippen LogP contribution in [0.5, 0.6) is 0 Å². The highest BCUT2D eigenvalue weighted by atomic mass is 16.3. The fourth-order valence-corrected chi connectivity index (χ4v) is 6.87. The second-order valence-electron chi connectivity index (χ2n) is 8.39. The first-order valence-electron chi connectivity index (χ1n) is 9.46. The van der Waals surface area contributed by atoms with E-state index in [2.05, 4.69) is 18.9 Å². The first kappa shape index (κ1) is 15.5. The van der Waals surface area contributed by atoms with Crippen molar-refractivity contribution in [3.05, 3.63) is 11.6 Å². The Labute approximate surface area is 139 Å². The molecule has 0 heterocycles. The van der Waals surface area contributed by atoms with E-state index >= 15 is 0 Å². The average Bonchev–Trinajstić information content (AvgIpc) is 2.88. The van der Waals surface area contributed by atoms with Gasteiger partial charge in [-0.2, -0.15) is 0 Å². The van der Waals surface area contributed by atoms with Gasteiger partial charge in [-0.1, -0.05) is 24.5 Å². The summed E-state index contributed by atoms with van der Waals surface area (Å²) in [5.74, 6) is 5.59. The topological polar surface area (TPSA) is 37.3 Å². The van der Waals surface area contributed by atoms with Crippen molar-refractivity contribution in [2.24, 2.45) is 29.1 Å². The van der Waals surface area contributed by atoms with Gasteiger partial charge in [0, 0.05) is 18.3 Å². The number of terminal acetylenes is 1. The van der Waals surface area contributed by atoms with E-state index in [9.17, 15) is 9.90 Å². The van der Waals surface area contributed by atoms with Gasteiger partial charge in [0.15, 0.2) is 0 Å². The molecular weight excluding hydrogens is 284 g/mol. The number of carbonyl (C=O) groups excluding carboxylic acids is 1. The minimum absolute atomic E-state index is 0.0687. The van der Waals surface area contributed by atoms with Crippen LogP contribution in [0.1, 0.15) is 64.7 Å². The Bertz CT molecular complexity index is 597. The average molecular weight is 312 g/mol. The molecule has 0 radical (unpaired) electrons. The Kier molecular flexibility index (Phi) is 3.50. The van der Waals surface area contributed by atoms with Crippen molar-refractivity contribution >= 4 is 5.78 Å². The summed E-state index contributed by atoms with van der Waals surface area (Å²) in [4.78, 5) is 11.8. The summed E-state index contributed by atoms with van der Waals surface area (Å²) < 4.78 is 0. The molecule has 0 aromatic rings. The van der Waals surface area contributed by atoms with Gasteiger partial charge in [0.2, 0.25) is 0 Å². The van der Waals surface area contributed by atoms with Gasteiger partial charge in [0.1, 0.15) is 11.4 Å². The molecule has 0 aromatic carbocycles. The number of aliphatic hydroxyl groups is 1. The largest absolute Gasteiger partial charge is 0.377 e. The van der Waals surface area contributed by atoms with Crippen molar-refractivity contribution < 1.29 is 9.90 Å². The molecule has 6 atom stereocenters. The number of allylic oxidation sites excluding steroid dienone is 2. The van der Waals surface area contributed by atoms with Gasteiger partial charge in [0.05, 0.1) is 0 Å². The zero-order valence-corrected chi connectivity index (χ0v) is 14.2. The SMILES string of the molecule is C#C[C@@]1(O)CC[C@@H]2[C@H]3CC[C@@H]4CC(=O)CC=C4[C@@H]3CC[C@]21CC. The lowest BCUT2D eigenvalue weighted by molar-refractivity contribution is -0.120. The van der Waals surface area contributed by atoms with E-state index in [4.69, 9.17) is 6.42 Å². The van der Waals surface area contributed by atoms with E-state index in [1.807, 2.05) is 0 Å². The number of ketones is 1. The molecule has 0 unspecified atom stereocenters. The Morgan fingerprint density at radius 1 is 1.30 bits per heavy atom. The monoisotopic (exact) mass is 312 g/mol. The second-order valence-corrected chi connectivity index (χ2v) is 8.39. The molecule has 2 nitrogen and oxygen atoms in total. The van der Waals surface area contributed by atoms with Crippen LogP contribution in [-0.4, -0.2) is 16.5 Å². The Morgan fingerprint density at radius 3 is 2.87 bits per heavy atom. The molecule has 1 N–H and O–H groups in total. The molecule has 124 valence electrons. The second kappa shape index (κ2) is 5.21. The first-order valence-corrected chi connectivity index (χ1v) is 9.46. The molecule has 4 aliphatic rings. The van der Waals surface area contributed by atoms with E-state index < -0.39 is 5.60 Å². The van der Waals surface area contributed by atoms with Gasteiger partial charge in [-0.05, 0) is 68.6 Å². The van der Waals surface area contributed by atoms with Crippen molar-refractivity contribution in [2.75, 3.05) is 0 Å². The number of rotatable bonds is 1. The highest BCUT2D eigenvalue weighted by Gasteiger charge is 2.63. The predicted octanol–water partition coefficient (Wildman–Crippen LogP) is 3.88. The minimum Gasteiger partial charge on any atom is -0.377 e.